The van der Waals surface area contributed by atoms with E-state index < -0.39 is 0 Å². The highest BCUT2D eigenvalue weighted by Crippen LogP contribution is 2.06. The van der Waals surface area contributed by atoms with Gasteiger partial charge in [0, 0.05) is 45.0 Å². The van der Waals surface area contributed by atoms with Gasteiger partial charge in [-0.15, -0.1) is 0 Å². The third-order valence-electron chi connectivity index (χ3n) is 3.55. The molecule has 19 heavy (non-hydrogen) atoms. The number of rotatable bonds is 5. The van der Waals surface area contributed by atoms with Gasteiger partial charge < -0.3 is 4.74 Å². The summed E-state index contributed by atoms with van der Waals surface area (Å²) < 4.78 is 5.62. The summed E-state index contributed by atoms with van der Waals surface area (Å²) in [4.78, 5) is 9.08. The molecule has 1 aromatic heterocycles. The third kappa shape index (κ3) is 4.51. The van der Waals surface area contributed by atoms with Crippen LogP contribution in [0.15, 0.2) is 18.3 Å². The summed E-state index contributed by atoms with van der Waals surface area (Å²) >= 11 is 0. The summed E-state index contributed by atoms with van der Waals surface area (Å²) in [7, 11) is 5.58. The van der Waals surface area contributed by atoms with E-state index in [1.807, 2.05) is 12.1 Å². The molecule has 0 aromatic carbocycles. The van der Waals surface area contributed by atoms with Crippen molar-refractivity contribution in [2.45, 2.75) is 19.9 Å². The van der Waals surface area contributed by atoms with Crippen LogP contribution in [-0.4, -0.2) is 68.0 Å². The Morgan fingerprint density at radius 1 is 1.26 bits per heavy atom. The highest BCUT2D eigenvalue weighted by molar-refractivity contribution is 6.32. The molecule has 0 atom stereocenters. The van der Waals surface area contributed by atoms with Gasteiger partial charge >= 0.3 is 0 Å². The third-order valence-corrected chi connectivity index (χ3v) is 3.55. The second-order valence-electron chi connectivity index (χ2n) is 5.25. The van der Waals surface area contributed by atoms with E-state index in [1.54, 1.807) is 6.20 Å². The Hall–Kier alpha value is -1.07. The molecule has 1 saturated heterocycles. The summed E-state index contributed by atoms with van der Waals surface area (Å²) in [5, 5.41) is 0. The van der Waals surface area contributed by atoms with Gasteiger partial charge in [0.1, 0.15) is 14.5 Å². The number of hydrogen-bond donors (Lipinski definition) is 0. The van der Waals surface area contributed by atoms with Gasteiger partial charge in [-0.2, -0.15) is 0 Å². The first-order valence-electron chi connectivity index (χ1n) is 6.96. The molecule has 5 heteroatoms. The minimum absolute atomic E-state index is 0.648. The zero-order valence-corrected chi connectivity index (χ0v) is 11.9. The molecule has 1 aromatic rings. The van der Waals surface area contributed by atoms with Gasteiger partial charge in [-0.1, -0.05) is 11.5 Å². The molecular weight excluding hydrogens is 237 g/mol. The fourth-order valence-corrected chi connectivity index (χ4v) is 2.26. The lowest BCUT2D eigenvalue weighted by molar-refractivity contribution is 0.0965. The predicted octanol–water partition coefficient (Wildman–Crippen LogP) is 0.280. The molecule has 2 radical (unpaired) electrons. The standard InChI is InChI=1S/C14H22BN3O/c1-12(2)18-7-5-17(6-8-18)9-10-19-14-4-3-13(15)11-16-14/h3-4,11-12H,5-10H2,1-2H3. The van der Waals surface area contributed by atoms with E-state index in [0.29, 0.717) is 24.0 Å². The lowest BCUT2D eigenvalue weighted by atomic mass is 9.99. The molecule has 0 aliphatic carbocycles. The molecular formula is C14H22BN3O. The number of aromatic nitrogens is 1. The molecule has 0 saturated carbocycles. The maximum Gasteiger partial charge on any atom is 0.213 e. The van der Waals surface area contributed by atoms with E-state index in [9.17, 15) is 0 Å². The van der Waals surface area contributed by atoms with Crippen LogP contribution < -0.4 is 10.2 Å². The predicted molar refractivity (Wildman–Crippen MR) is 78.3 cm³/mol. The molecule has 1 aliphatic rings. The molecule has 0 unspecified atom stereocenters. The SMILES string of the molecule is [B]c1ccc(OCCN2CCN(C(C)C)CC2)nc1. The second-order valence-corrected chi connectivity index (χ2v) is 5.25. The van der Waals surface area contributed by atoms with Crippen LogP contribution in [0.2, 0.25) is 0 Å². The van der Waals surface area contributed by atoms with E-state index in [0.717, 1.165) is 32.7 Å². The zero-order chi connectivity index (χ0) is 13.7. The Kier molecular flexibility index (Phi) is 5.22. The lowest BCUT2D eigenvalue weighted by Crippen LogP contribution is -2.49. The first-order valence-corrected chi connectivity index (χ1v) is 6.96. The fourth-order valence-electron chi connectivity index (χ4n) is 2.26. The number of pyridine rings is 1. The number of piperazine rings is 1. The van der Waals surface area contributed by atoms with Crippen LogP contribution in [0.3, 0.4) is 0 Å². The first kappa shape index (κ1) is 14.3. The van der Waals surface area contributed by atoms with Crippen LogP contribution in [0.1, 0.15) is 13.8 Å². The van der Waals surface area contributed by atoms with E-state index in [-0.39, 0.29) is 0 Å². The quantitative estimate of drug-likeness (QED) is 0.710. The van der Waals surface area contributed by atoms with Crippen LogP contribution in [0.5, 0.6) is 5.88 Å². The summed E-state index contributed by atoms with van der Waals surface area (Å²) in [6, 6.07) is 4.27. The van der Waals surface area contributed by atoms with E-state index in [2.05, 4.69) is 28.6 Å². The van der Waals surface area contributed by atoms with Crippen LogP contribution in [0.25, 0.3) is 0 Å². The van der Waals surface area contributed by atoms with Crippen LogP contribution >= 0.6 is 0 Å². The average Bonchev–Trinajstić information content (AvgIpc) is 2.41. The Bertz CT molecular complexity index is 375. The Labute approximate surface area is 117 Å². The van der Waals surface area contributed by atoms with Gasteiger partial charge in [-0.25, -0.2) is 4.98 Å². The molecule has 102 valence electrons. The summed E-state index contributed by atoms with van der Waals surface area (Å²) in [5.74, 6) is 0.648. The highest BCUT2D eigenvalue weighted by atomic mass is 16.5. The molecule has 0 amide bonds. The molecule has 0 spiro atoms. The number of hydrogen-bond acceptors (Lipinski definition) is 4. The van der Waals surface area contributed by atoms with Crippen LogP contribution in [-0.2, 0) is 0 Å². The fraction of sp³-hybridized carbons (Fsp3) is 0.643. The minimum atomic E-state index is 0.648. The Morgan fingerprint density at radius 2 is 2.00 bits per heavy atom. The van der Waals surface area contributed by atoms with Gasteiger partial charge in [0.2, 0.25) is 5.88 Å². The smallest absolute Gasteiger partial charge is 0.213 e. The van der Waals surface area contributed by atoms with Crippen LogP contribution in [0, 0.1) is 0 Å². The zero-order valence-electron chi connectivity index (χ0n) is 11.9. The van der Waals surface area contributed by atoms with Crippen molar-refractivity contribution in [3.8, 4) is 5.88 Å². The Morgan fingerprint density at radius 3 is 2.58 bits per heavy atom. The van der Waals surface area contributed by atoms with E-state index in [1.165, 1.54) is 0 Å². The second kappa shape index (κ2) is 6.92. The van der Waals surface area contributed by atoms with E-state index >= 15 is 0 Å². The van der Waals surface area contributed by atoms with Gasteiger partial charge in [-0.3, -0.25) is 9.80 Å². The van der Waals surface area contributed by atoms with Gasteiger partial charge in [0.15, 0.2) is 0 Å². The molecule has 4 nitrogen and oxygen atoms in total. The van der Waals surface area contributed by atoms with Crippen molar-refractivity contribution in [2.75, 3.05) is 39.3 Å². The molecule has 0 N–H and O–H groups in total. The monoisotopic (exact) mass is 259 g/mol. The summed E-state index contributed by atoms with van der Waals surface area (Å²) in [6.07, 6.45) is 1.62. The highest BCUT2D eigenvalue weighted by Gasteiger charge is 2.18. The molecule has 2 rings (SSSR count). The normalized spacial score (nSPS) is 17.8. The van der Waals surface area contributed by atoms with Crippen molar-refractivity contribution in [1.82, 2.24) is 14.8 Å². The average molecular weight is 259 g/mol. The van der Waals surface area contributed by atoms with Crippen molar-refractivity contribution < 1.29 is 4.74 Å². The van der Waals surface area contributed by atoms with Crippen molar-refractivity contribution in [2.24, 2.45) is 0 Å². The van der Waals surface area contributed by atoms with Crippen LogP contribution in [0.4, 0.5) is 0 Å². The summed E-state index contributed by atoms with van der Waals surface area (Å²) in [5.41, 5.74) is 0.664. The van der Waals surface area contributed by atoms with Gasteiger partial charge in [0.05, 0.1) is 0 Å². The maximum atomic E-state index is 5.62. The number of ether oxygens (including phenoxy) is 1. The minimum Gasteiger partial charge on any atom is -0.476 e. The number of nitrogens with zero attached hydrogens (tertiary/aromatic N) is 3. The molecule has 2 heterocycles. The first-order chi connectivity index (χ1) is 9.15. The van der Waals surface area contributed by atoms with Crippen molar-refractivity contribution in [3.05, 3.63) is 18.3 Å². The van der Waals surface area contributed by atoms with Gasteiger partial charge in [-0.05, 0) is 19.9 Å². The van der Waals surface area contributed by atoms with Crippen molar-refractivity contribution >= 4 is 13.3 Å². The molecule has 0 bridgehead atoms. The lowest BCUT2D eigenvalue weighted by Gasteiger charge is -2.36. The van der Waals surface area contributed by atoms with Crippen molar-refractivity contribution in [1.29, 1.82) is 0 Å². The largest absolute Gasteiger partial charge is 0.476 e. The van der Waals surface area contributed by atoms with E-state index in [4.69, 9.17) is 12.6 Å². The Balaban J connectivity index is 1.65. The van der Waals surface area contributed by atoms with Gasteiger partial charge in [0.25, 0.3) is 0 Å². The topological polar surface area (TPSA) is 28.6 Å². The summed E-state index contributed by atoms with van der Waals surface area (Å²) in [6.45, 7) is 10.7. The maximum absolute atomic E-state index is 5.62. The van der Waals surface area contributed by atoms with Crippen molar-refractivity contribution in [3.63, 3.8) is 0 Å². The molecule has 1 fully saturated rings. The molecule has 1 aliphatic heterocycles.